The largest absolute Gasteiger partial charge is 0.436 e. The van der Waals surface area contributed by atoms with Gasteiger partial charge in [0.2, 0.25) is 5.76 Å². The van der Waals surface area contributed by atoms with Crippen molar-refractivity contribution in [3.05, 3.63) is 17.3 Å². The van der Waals surface area contributed by atoms with Crippen LogP contribution in [-0.2, 0) is 0 Å². The highest BCUT2D eigenvalue weighted by molar-refractivity contribution is 5.93. The number of oxazole rings is 1. The second-order valence-corrected chi connectivity index (χ2v) is 3.87. The lowest BCUT2D eigenvalue weighted by Crippen LogP contribution is -2.42. The highest BCUT2D eigenvalue weighted by Crippen LogP contribution is 2.10. The molecule has 0 aliphatic carbocycles. The molecule has 1 heterocycles. The van der Waals surface area contributed by atoms with E-state index in [9.17, 15) is 4.79 Å². The van der Waals surface area contributed by atoms with Crippen molar-refractivity contribution in [2.75, 3.05) is 0 Å². The Labute approximate surface area is 89.1 Å². The quantitative estimate of drug-likeness (QED) is 0.745. The number of hydrogen-bond acceptors (Lipinski definition) is 3. The number of rotatable bonds is 2. The lowest BCUT2D eigenvalue weighted by molar-refractivity contribution is 0.0899. The van der Waals surface area contributed by atoms with E-state index < -0.39 is 5.54 Å². The monoisotopic (exact) mass is 206 g/mol. The SMILES string of the molecule is C#CC(C)(C)NC(=O)c1oc(C)nc1C. The summed E-state index contributed by atoms with van der Waals surface area (Å²) in [6.07, 6.45) is 5.26. The van der Waals surface area contributed by atoms with Gasteiger partial charge in [0.05, 0.1) is 11.2 Å². The van der Waals surface area contributed by atoms with Crippen molar-refractivity contribution >= 4 is 5.91 Å². The van der Waals surface area contributed by atoms with Crippen molar-refractivity contribution in [1.29, 1.82) is 0 Å². The molecular weight excluding hydrogens is 192 g/mol. The fourth-order valence-corrected chi connectivity index (χ4v) is 1.12. The van der Waals surface area contributed by atoms with Gasteiger partial charge in [-0.15, -0.1) is 6.42 Å². The van der Waals surface area contributed by atoms with Gasteiger partial charge in [0.25, 0.3) is 5.91 Å². The lowest BCUT2D eigenvalue weighted by atomic mass is 10.1. The minimum atomic E-state index is -0.690. The fraction of sp³-hybridized carbons (Fsp3) is 0.455. The molecule has 0 spiro atoms. The summed E-state index contributed by atoms with van der Waals surface area (Å²) in [5.41, 5.74) is -0.123. The fourth-order valence-electron chi connectivity index (χ4n) is 1.12. The van der Waals surface area contributed by atoms with Crippen molar-refractivity contribution in [1.82, 2.24) is 10.3 Å². The minimum Gasteiger partial charge on any atom is -0.436 e. The van der Waals surface area contributed by atoms with E-state index in [1.165, 1.54) is 0 Å². The van der Waals surface area contributed by atoms with Crippen molar-refractivity contribution in [3.8, 4) is 12.3 Å². The van der Waals surface area contributed by atoms with Gasteiger partial charge in [-0.25, -0.2) is 4.98 Å². The van der Waals surface area contributed by atoms with Gasteiger partial charge in [-0.1, -0.05) is 5.92 Å². The zero-order valence-corrected chi connectivity index (χ0v) is 9.34. The summed E-state index contributed by atoms with van der Waals surface area (Å²) in [5, 5.41) is 2.67. The standard InChI is InChI=1S/C11H14N2O2/c1-6-11(4,5)13-10(14)9-7(2)12-8(3)15-9/h1H,2-5H3,(H,13,14). The first kappa shape index (κ1) is 11.3. The third-order valence-corrected chi connectivity index (χ3v) is 1.90. The van der Waals surface area contributed by atoms with Gasteiger partial charge in [-0.2, -0.15) is 0 Å². The number of carbonyl (C=O) groups is 1. The Hall–Kier alpha value is -1.76. The normalized spacial score (nSPS) is 10.9. The van der Waals surface area contributed by atoms with Crippen LogP contribution in [0.15, 0.2) is 4.42 Å². The van der Waals surface area contributed by atoms with Crippen LogP contribution >= 0.6 is 0 Å². The molecule has 4 heteroatoms. The molecule has 0 radical (unpaired) electrons. The molecule has 0 aromatic carbocycles. The molecule has 0 aliphatic rings. The van der Waals surface area contributed by atoms with Gasteiger partial charge in [0.15, 0.2) is 5.89 Å². The average molecular weight is 206 g/mol. The van der Waals surface area contributed by atoms with Crippen LogP contribution < -0.4 is 5.32 Å². The number of terminal acetylenes is 1. The van der Waals surface area contributed by atoms with Crippen LogP contribution in [0.2, 0.25) is 0 Å². The second-order valence-electron chi connectivity index (χ2n) is 3.87. The summed E-state index contributed by atoms with van der Waals surface area (Å²) in [6, 6.07) is 0. The number of nitrogens with zero attached hydrogens (tertiary/aromatic N) is 1. The minimum absolute atomic E-state index is 0.218. The van der Waals surface area contributed by atoms with Gasteiger partial charge in [-0.05, 0) is 20.8 Å². The van der Waals surface area contributed by atoms with E-state index in [1.807, 2.05) is 0 Å². The summed E-state index contributed by atoms with van der Waals surface area (Å²) in [6.45, 7) is 6.89. The topological polar surface area (TPSA) is 55.1 Å². The van der Waals surface area contributed by atoms with Gasteiger partial charge < -0.3 is 9.73 Å². The van der Waals surface area contributed by atoms with E-state index in [2.05, 4.69) is 16.2 Å². The maximum atomic E-state index is 11.7. The highest BCUT2D eigenvalue weighted by Gasteiger charge is 2.22. The second kappa shape index (κ2) is 3.77. The molecule has 1 aromatic rings. The first-order chi connectivity index (χ1) is 6.85. The maximum absolute atomic E-state index is 11.7. The zero-order valence-electron chi connectivity index (χ0n) is 9.34. The predicted octanol–water partition coefficient (Wildman–Crippen LogP) is 1.43. The Morgan fingerprint density at radius 2 is 2.13 bits per heavy atom. The number of amides is 1. The zero-order chi connectivity index (χ0) is 11.6. The Kier molecular flexibility index (Phi) is 2.85. The Morgan fingerprint density at radius 3 is 2.53 bits per heavy atom. The summed E-state index contributed by atoms with van der Waals surface area (Å²) in [4.78, 5) is 15.7. The Balaban J connectivity index is 2.88. The van der Waals surface area contributed by atoms with E-state index >= 15 is 0 Å². The Morgan fingerprint density at radius 1 is 1.53 bits per heavy atom. The van der Waals surface area contributed by atoms with Crippen molar-refractivity contribution < 1.29 is 9.21 Å². The highest BCUT2D eigenvalue weighted by atomic mass is 16.4. The average Bonchev–Trinajstić information content (AvgIpc) is 2.45. The van der Waals surface area contributed by atoms with Crippen LogP contribution in [0, 0.1) is 26.2 Å². The predicted molar refractivity (Wildman–Crippen MR) is 56.4 cm³/mol. The molecule has 0 saturated heterocycles. The number of nitrogens with one attached hydrogen (secondary N) is 1. The van der Waals surface area contributed by atoms with Crippen LogP contribution in [0.3, 0.4) is 0 Å². The van der Waals surface area contributed by atoms with Crippen molar-refractivity contribution in [3.63, 3.8) is 0 Å². The number of hydrogen-bond donors (Lipinski definition) is 1. The summed E-state index contributed by atoms with van der Waals surface area (Å²) in [7, 11) is 0. The smallest absolute Gasteiger partial charge is 0.290 e. The first-order valence-electron chi connectivity index (χ1n) is 4.60. The van der Waals surface area contributed by atoms with E-state index in [0.29, 0.717) is 11.6 Å². The third kappa shape index (κ3) is 2.59. The molecule has 0 bridgehead atoms. The van der Waals surface area contributed by atoms with Gasteiger partial charge in [-0.3, -0.25) is 4.79 Å². The molecular formula is C11H14N2O2. The molecule has 15 heavy (non-hydrogen) atoms. The van der Waals surface area contributed by atoms with Crippen LogP contribution in [-0.4, -0.2) is 16.4 Å². The molecule has 0 aliphatic heterocycles. The molecule has 80 valence electrons. The van der Waals surface area contributed by atoms with E-state index in [-0.39, 0.29) is 11.7 Å². The van der Waals surface area contributed by atoms with Gasteiger partial charge in [0.1, 0.15) is 0 Å². The summed E-state index contributed by atoms with van der Waals surface area (Å²) >= 11 is 0. The molecule has 4 nitrogen and oxygen atoms in total. The number of aromatic nitrogens is 1. The molecule has 1 N–H and O–H groups in total. The van der Waals surface area contributed by atoms with Crippen LogP contribution in [0.4, 0.5) is 0 Å². The van der Waals surface area contributed by atoms with E-state index in [4.69, 9.17) is 10.8 Å². The molecule has 0 saturated carbocycles. The van der Waals surface area contributed by atoms with Gasteiger partial charge >= 0.3 is 0 Å². The van der Waals surface area contributed by atoms with E-state index in [0.717, 1.165) is 0 Å². The van der Waals surface area contributed by atoms with Crippen molar-refractivity contribution in [2.24, 2.45) is 0 Å². The molecule has 0 fully saturated rings. The van der Waals surface area contributed by atoms with E-state index in [1.54, 1.807) is 27.7 Å². The molecule has 1 aromatic heterocycles. The van der Waals surface area contributed by atoms with Crippen LogP contribution in [0.1, 0.15) is 36.0 Å². The Bertz CT molecular complexity index is 424. The molecule has 0 atom stereocenters. The summed E-state index contributed by atoms with van der Waals surface area (Å²) in [5.74, 6) is 2.82. The molecule has 1 rings (SSSR count). The third-order valence-electron chi connectivity index (χ3n) is 1.90. The van der Waals surface area contributed by atoms with Gasteiger partial charge in [0, 0.05) is 6.92 Å². The lowest BCUT2D eigenvalue weighted by Gasteiger charge is -2.18. The number of aryl methyl sites for hydroxylation is 2. The number of carbonyl (C=O) groups excluding carboxylic acids is 1. The first-order valence-corrected chi connectivity index (χ1v) is 4.60. The molecule has 1 amide bonds. The summed E-state index contributed by atoms with van der Waals surface area (Å²) < 4.78 is 5.17. The molecule has 0 unspecified atom stereocenters. The van der Waals surface area contributed by atoms with Crippen molar-refractivity contribution in [2.45, 2.75) is 33.2 Å². The van der Waals surface area contributed by atoms with Crippen LogP contribution in [0.5, 0.6) is 0 Å². The maximum Gasteiger partial charge on any atom is 0.290 e. The van der Waals surface area contributed by atoms with Crippen LogP contribution in [0.25, 0.3) is 0 Å².